The number of carbonyl (C=O) groups excluding carboxylic acids is 2. The summed E-state index contributed by atoms with van der Waals surface area (Å²) in [5, 5.41) is 28.8. The Kier molecular flexibility index (Phi) is 5.28. The second-order valence-corrected chi connectivity index (χ2v) is 5.13. The van der Waals surface area contributed by atoms with E-state index in [4.69, 9.17) is 9.47 Å². The molecule has 2 aromatic carbocycles. The van der Waals surface area contributed by atoms with Crippen LogP contribution in [0.3, 0.4) is 0 Å². The number of phenols is 3. The van der Waals surface area contributed by atoms with Crippen LogP contribution in [-0.2, 0) is 19.1 Å². The van der Waals surface area contributed by atoms with Crippen LogP contribution in [0.2, 0.25) is 0 Å². The van der Waals surface area contributed by atoms with Crippen LogP contribution in [0.15, 0.2) is 42.5 Å². The number of phenolic OH excluding ortho intramolecular Hbond substituents is 3. The fourth-order valence-corrected chi connectivity index (χ4v) is 2.10. The molecule has 0 saturated carbocycles. The Morgan fingerprint density at radius 2 is 1.12 bits per heavy atom. The average Bonchev–Trinajstić information content (AvgIpc) is 2.50. The van der Waals surface area contributed by atoms with E-state index >= 15 is 0 Å². The maximum absolute atomic E-state index is 11.5. The van der Waals surface area contributed by atoms with E-state index in [0.717, 1.165) is 13.0 Å². The first-order valence-corrected chi connectivity index (χ1v) is 7.20. The summed E-state index contributed by atoms with van der Waals surface area (Å²) in [6.07, 6.45) is 0. The van der Waals surface area contributed by atoms with Gasteiger partial charge in [-0.25, -0.2) is 0 Å². The quantitative estimate of drug-likeness (QED) is 0.444. The van der Waals surface area contributed by atoms with Gasteiger partial charge < -0.3 is 24.8 Å². The van der Waals surface area contributed by atoms with Gasteiger partial charge in [0, 0.05) is 31.0 Å². The largest absolute Gasteiger partial charge is 0.508 e. The van der Waals surface area contributed by atoms with Gasteiger partial charge in [-0.15, -0.1) is 0 Å². The number of hydrogen-bond acceptors (Lipinski definition) is 7. The molecule has 0 aromatic heterocycles. The Balaban J connectivity index is 2.73. The zero-order valence-electron chi connectivity index (χ0n) is 13.5. The lowest BCUT2D eigenvalue weighted by Crippen LogP contribution is -2.07. The lowest BCUT2D eigenvalue weighted by Gasteiger charge is -2.15. The number of rotatable bonds is 4. The molecule has 0 heterocycles. The Bertz CT molecular complexity index is 815. The summed E-state index contributed by atoms with van der Waals surface area (Å²) in [6, 6.07) is 9.22. The van der Waals surface area contributed by atoms with Gasteiger partial charge in [0.1, 0.15) is 17.2 Å². The highest BCUT2D eigenvalue weighted by Crippen LogP contribution is 2.33. The van der Waals surface area contributed by atoms with E-state index in [0.29, 0.717) is 5.56 Å². The van der Waals surface area contributed by atoms with E-state index in [1.54, 1.807) is 0 Å². The molecule has 0 aliphatic carbocycles. The van der Waals surface area contributed by atoms with E-state index in [-0.39, 0.29) is 34.3 Å². The smallest absolute Gasteiger partial charge is 0.308 e. The van der Waals surface area contributed by atoms with Crippen molar-refractivity contribution < 1.29 is 34.4 Å². The lowest BCUT2D eigenvalue weighted by molar-refractivity contribution is -0.136. The molecular formula is C18H16O7. The Hall–Kier alpha value is -3.48. The van der Waals surface area contributed by atoms with Crippen molar-refractivity contribution in [1.82, 2.24) is 0 Å². The first kappa shape index (κ1) is 17.9. The normalized spacial score (nSPS) is 11.4. The molecule has 0 spiro atoms. The summed E-state index contributed by atoms with van der Waals surface area (Å²) in [5.74, 6) is -2.18. The molecule has 0 unspecified atom stereocenters. The van der Waals surface area contributed by atoms with Crippen LogP contribution in [-0.4, -0.2) is 27.3 Å². The molecule has 130 valence electrons. The highest BCUT2D eigenvalue weighted by Gasteiger charge is 2.20. The highest BCUT2D eigenvalue weighted by atomic mass is 16.6. The second-order valence-electron chi connectivity index (χ2n) is 5.13. The molecule has 0 amide bonds. The molecule has 25 heavy (non-hydrogen) atoms. The van der Waals surface area contributed by atoms with Crippen molar-refractivity contribution in [2.75, 3.05) is 0 Å². The van der Waals surface area contributed by atoms with Gasteiger partial charge in [0.2, 0.25) is 0 Å². The molecule has 0 bridgehead atoms. The van der Waals surface area contributed by atoms with Gasteiger partial charge in [0.15, 0.2) is 11.5 Å². The minimum Gasteiger partial charge on any atom is -0.508 e. The topological polar surface area (TPSA) is 113 Å². The van der Waals surface area contributed by atoms with Gasteiger partial charge >= 0.3 is 11.9 Å². The minimum absolute atomic E-state index is 0.00467. The number of ether oxygens (including phenoxy) is 2. The predicted octanol–water partition coefficient (Wildman–Crippen LogP) is 2.76. The van der Waals surface area contributed by atoms with Gasteiger partial charge in [-0.1, -0.05) is 0 Å². The molecular weight excluding hydrogens is 328 g/mol. The molecule has 0 fully saturated rings. The highest BCUT2D eigenvalue weighted by molar-refractivity contribution is 5.92. The third kappa shape index (κ3) is 4.74. The van der Waals surface area contributed by atoms with Gasteiger partial charge in [-0.3, -0.25) is 9.59 Å². The Labute approximate surface area is 143 Å². The van der Waals surface area contributed by atoms with E-state index < -0.39 is 11.9 Å². The van der Waals surface area contributed by atoms with Gasteiger partial charge in [-0.05, 0) is 36.4 Å². The molecule has 0 atom stereocenters. The zero-order valence-corrected chi connectivity index (χ0v) is 13.5. The van der Waals surface area contributed by atoms with Crippen molar-refractivity contribution in [3.63, 3.8) is 0 Å². The first-order chi connectivity index (χ1) is 11.8. The molecule has 0 aliphatic rings. The number of benzene rings is 2. The van der Waals surface area contributed by atoms with Crippen LogP contribution in [0.25, 0.3) is 11.5 Å². The van der Waals surface area contributed by atoms with E-state index in [1.807, 2.05) is 0 Å². The van der Waals surface area contributed by atoms with Crippen molar-refractivity contribution in [3.05, 3.63) is 53.6 Å². The third-order valence-electron chi connectivity index (χ3n) is 2.99. The molecule has 0 aliphatic heterocycles. The van der Waals surface area contributed by atoms with Crippen molar-refractivity contribution in [2.45, 2.75) is 13.8 Å². The van der Waals surface area contributed by atoms with E-state index in [9.17, 15) is 24.9 Å². The molecule has 3 N–H and O–H groups in total. The van der Waals surface area contributed by atoms with Crippen LogP contribution < -0.4 is 0 Å². The predicted molar refractivity (Wildman–Crippen MR) is 88.2 cm³/mol. The maximum Gasteiger partial charge on any atom is 0.308 e. The Morgan fingerprint density at radius 1 is 0.680 bits per heavy atom. The fourth-order valence-electron chi connectivity index (χ4n) is 2.10. The zero-order chi connectivity index (χ0) is 18.6. The molecule has 0 radical (unpaired) electrons. The second kappa shape index (κ2) is 7.39. The van der Waals surface area contributed by atoms with Gasteiger partial charge in [-0.2, -0.15) is 0 Å². The van der Waals surface area contributed by atoms with Crippen molar-refractivity contribution in [3.8, 4) is 17.2 Å². The number of hydrogen-bond donors (Lipinski definition) is 3. The number of esters is 2. The lowest BCUT2D eigenvalue weighted by atomic mass is 10.1. The minimum atomic E-state index is -0.693. The molecule has 0 saturated heterocycles. The summed E-state index contributed by atoms with van der Waals surface area (Å²) < 4.78 is 10.4. The van der Waals surface area contributed by atoms with Crippen molar-refractivity contribution in [1.29, 1.82) is 0 Å². The first-order valence-electron chi connectivity index (χ1n) is 7.20. The summed E-state index contributed by atoms with van der Waals surface area (Å²) >= 11 is 0. The molecule has 7 heteroatoms. The summed E-state index contributed by atoms with van der Waals surface area (Å²) in [4.78, 5) is 23.0. The van der Waals surface area contributed by atoms with Crippen LogP contribution in [0, 0.1) is 0 Å². The SMILES string of the molecule is CC(=O)OC(=C(OC(C)=O)c1cc(O)cc(O)c1)c1ccc(O)cc1. The number of aromatic hydroxyl groups is 3. The summed E-state index contributed by atoms with van der Waals surface area (Å²) in [5.41, 5.74) is 0.462. The standard InChI is InChI=1S/C18H16O7/c1-10(19)24-17(12-3-5-14(21)6-4-12)18(25-11(2)20)13-7-15(22)9-16(23)8-13/h3-9,21-23H,1-2H3. The van der Waals surface area contributed by atoms with E-state index in [1.165, 1.54) is 43.3 Å². The average molecular weight is 344 g/mol. The Morgan fingerprint density at radius 3 is 1.56 bits per heavy atom. The number of carbonyl (C=O) groups is 2. The van der Waals surface area contributed by atoms with Crippen LogP contribution in [0.5, 0.6) is 17.2 Å². The van der Waals surface area contributed by atoms with Crippen molar-refractivity contribution >= 4 is 23.5 Å². The monoisotopic (exact) mass is 344 g/mol. The fraction of sp³-hybridized carbons (Fsp3) is 0.111. The van der Waals surface area contributed by atoms with Crippen LogP contribution >= 0.6 is 0 Å². The van der Waals surface area contributed by atoms with Crippen molar-refractivity contribution in [2.24, 2.45) is 0 Å². The third-order valence-corrected chi connectivity index (χ3v) is 2.99. The maximum atomic E-state index is 11.5. The van der Waals surface area contributed by atoms with Crippen LogP contribution in [0.4, 0.5) is 0 Å². The molecule has 2 rings (SSSR count). The summed E-state index contributed by atoms with van der Waals surface area (Å²) in [6.45, 7) is 2.33. The molecule has 7 nitrogen and oxygen atoms in total. The van der Waals surface area contributed by atoms with E-state index in [2.05, 4.69) is 0 Å². The summed E-state index contributed by atoms with van der Waals surface area (Å²) in [7, 11) is 0. The van der Waals surface area contributed by atoms with Crippen LogP contribution in [0.1, 0.15) is 25.0 Å². The molecule has 2 aromatic rings. The van der Waals surface area contributed by atoms with Gasteiger partial charge in [0.05, 0.1) is 0 Å². The van der Waals surface area contributed by atoms with Gasteiger partial charge in [0.25, 0.3) is 0 Å².